The smallest absolute Gasteiger partial charge is 0.267 e. The highest BCUT2D eigenvalue weighted by atomic mass is 32.2. The number of ether oxygens (including phenoxy) is 2. The zero-order valence-corrected chi connectivity index (χ0v) is 20.3. The first kappa shape index (κ1) is 22.4. The molecule has 3 aromatic rings. The summed E-state index contributed by atoms with van der Waals surface area (Å²) >= 11 is 3.28. The third-order valence-corrected chi connectivity index (χ3v) is 7.89. The number of thioether (sulfide) groups is 1. The van der Waals surface area contributed by atoms with Crippen LogP contribution < -0.4 is 10.3 Å². The van der Waals surface area contributed by atoms with Crippen molar-refractivity contribution in [2.75, 3.05) is 12.9 Å². The van der Waals surface area contributed by atoms with E-state index in [4.69, 9.17) is 14.5 Å². The molecule has 5 nitrogen and oxygen atoms in total. The largest absolute Gasteiger partial charge is 0.497 e. The molecule has 0 saturated heterocycles. The molecule has 31 heavy (non-hydrogen) atoms. The molecule has 0 N–H and O–H groups in total. The monoisotopic (exact) mass is 458 g/mol. The molecule has 0 radical (unpaired) electrons. The maximum Gasteiger partial charge on any atom is 0.267 e. The summed E-state index contributed by atoms with van der Waals surface area (Å²) in [4.78, 5) is 20.8. The number of rotatable bonds is 8. The SMILES string of the molecule is CCCCCSc1nc2sc3c(c2c(=O)n1-c1ccc(OC)cc1)C[C@@H](C(C)C)OC3. The van der Waals surface area contributed by atoms with Crippen LogP contribution in [0.3, 0.4) is 0 Å². The average molecular weight is 459 g/mol. The zero-order valence-electron chi connectivity index (χ0n) is 18.6. The summed E-state index contributed by atoms with van der Waals surface area (Å²) < 4.78 is 13.1. The van der Waals surface area contributed by atoms with Gasteiger partial charge < -0.3 is 9.47 Å². The summed E-state index contributed by atoms with van der Waals surface area (Å²) in [7, 11) is 1.65. The second-order valence-corrected chi connectivity index (χ2v) is 10.4. The maximum absolute atomic E-state index is 13.8. The van der Waals surface area contributed by atoms with E-state index >= 15 is 0 Å². The fourth-order valence-electron chi connectivity index (χ4n) is 3.91. The van der Waals surface area contributed by atoms with Crippen molar-refractivity contribution in [1.29, 1.82) is 0 Å². The Morgan fingerprint density at radius 3 is 2.74 bits per heavy atom. The van der Waals surface area contributed by atoms with Gasteiger partial charge in [-0.05, 0) is 42.2 Å². The Bertz CT molecular complexity index is 1100. The molecule has 3 heterocycles. The third-order valence-electron chi connectivity index (χ3n) is 5.76. The minimum absolute atomic E-state index is 0.0232. The topological polar surface area (TPSA) is 53.4 Å². The third kappa shape index (κ3) is 4.54. The van der Waals surface area contributed by atoms with Gasteiger partial charge in [-0.15, -0.1) is 11.3 Å². The van der Waals surface area contributed by atoms with Gasteiger partial charge in [0.25, 0.3) is 5.56 Å². The van der Waals surface area contributed by atoms with E-state index in [0.717, 1.165) is 55.8 Å². The van der Waals surface area contributed by atoms with Gasteiger partial charge in [0.15, 0.2) is 5.16 Å². The van der Waals surface area contributed by atoms with Crippen LogP contribution in [0.5, 0.6) is 5.75 Å². The van der Waals surface area contributed by atoms with Gasteiger partial charge in [0.2, 0.25) is 0 Å². The van der Waals surface area contributed by atoms with Crippen LogP contribution in [0, 0.1) is 5.92 Å². The summed E-state index contributed by atoms with van der Waals surface area (Å²) in [6.07, 6.45) is 4.39. The molecule has 166 valence electrons. The van der Waals surface area contributed by atoms with Crippen molar-refractivity contribution in [2.45, 2.75) is 64.3 Å². The van der Waals surface area contributed by atoms with E-state index in [-0.39, 0.29) is 11.7 Å². The van der Waals surface area contributed by atoms with Crippen molar-refractivity contribution in [3.8, 4) is 11.4 Å². The molecule has 1 aliphatic heterocycles. The molecule has 4 rings (SSSR count). The summed E-state index contributed by atoms with van der Waals surface area (Å²) in [6.45, 7) is 7.11. The first-order chi connectivity index (χ1) is 15.0. The van der Waals surface area contributed by atoms with Crippen molar-refractivity contribution in [2.24, 2.45) is 5.92 Å². The van der Waals surface area contributed by atoms with Crippen LogP contribution in [0.15, 0.2) is 34.2 Å². The Hall–Kier alpha value is -1.83. The van der Waals surface area contributed by atoms with Crippen molar-refractivity contribution >= 4 is 33.3 Å². The molecule has 0 amide bonds. The number of hydrogen-bond acceptors (Lipinski definition) is 6. The van der Waals surface area contributed by atoms with E-state index in [9.17, 15) is 4.79 Å². The molecule has 0 fully saturated rings. The van der Waals surface area contributed by atoms with Crippen molar-refractivity contribution in [3.63, 3.8) is 0 Å². The Morgan fingerprint density at radius 2 is 2.06 bits per heavy atom. The highest BCUT2D eigenvalue weighted by molar-refractivity contribution is 7.99. The Kier molecular flexibility index (Phi) is 7.04. The molecule has 7 heteroatoms. The molecule has 0 aliphatic carbocycles. The molecule has 0 spiro atoms. The van der Waals surface area contributed by atoms with Gasteiger partial charge in [-0.3, -0.25) is 9.36 Å². The highest BCUT2D eigenvalue weighted by Gasteiger charge is 2.28. The van der Waals surface area contributed by atoms with Crippen LogP contribution in [-0.4, -0.2) is 28.5 Å². The van der Waals surface area contributed by atoms with E-state index < -0.39 is 0 Å². The first-order valence-electron chi connectivity index (χ1n) is 11.0. The highest BCUT2D eigenvalue weighted by Crippen LogP contribution is 2.36. The summed E-state index contributed by atoms with van der Waals surface area (Å²) in [5.74, 6) is 2.13. The molecule has 1 aromatic carbocycles. The van der Waals surface area contributed by atoms with Crippen LogP contribution in [0.2, 0.25) is 0 Å². The van der Waals surface area contributed by atoms with E-state index in [0.29, 0.717) is 12.5 Å². The summed E-state index contributed by atoms with van der Waals surface area (Å²) in [6, 6.07) is 7.65. The number of thiophene rings is 1. The maximum atomic E-state index is 13.8. The lowest BCUT2D eigenvalue weighted by atomic mass is 9.96. The number of benzene rings is 1. The lowest BCUT2D eigenvalue weighted by Crippen LogP contribution is -2.28. The Morgan fingerprint density at radius 1 is 1.29 bits per heavy atom. The normalized spacial score (nSPS) is 16.1. The second kappa shape index (κ2) is 9.76. The number of aromatic nitrogens is 2. The van der Waals surface area contributed by atoms with Gasteiger partial charge >= 0.3 is 0 Å². The van der Waals surface area contributed by atoms with Gasteiger partial charge in [-0.2, -0.15) is 0 Å². The molecule has 2 aromatic heterocycles. The zero-order chi connectivity index (χ0) is 22.0. The van der Waals surface area contributed by atoms with Crippen LogP contribution in [-0.2, 0) is 17.8 Å². The van der Waals surface area contributed by atoms with Gasteiger partial charge in [0.05, 0.1) is 30.9 Å². The summed E-state index contributed by atoms with van der Waals surface area (Å²) in [5, 5.41) is 1.53. The Labute approximate surface area is 191 Å². The standard InChI is InChI=1S/C24H30N2O3S2/c1-5-6-7-12-30-24-25-22-21(18-13-19(15(2)3)29-14-20(18)31-22)23(27)26(24)16-8-10-17(28-4)11-9-16/h8-11,15,19H,5-7,12-14H2,1-4H3/t19-/m0/s1. The van der Waals surface area contributed by atoms with Gasteiger partial charge in [0, 0.05) is 17.1 Å². The van der Waals surface area contributed by atoms with E-state index in [2.05, 4.69) is 20.8 Å². The molecule has 0 unspecified atom stereocenters. The minimum atomic E-state index is 0.0232. The lowest BCUT2D eigenvalue weighted by Gasteiger charge is -2.26. The van der Waals surface area contributed by atoms with E-state index in [1.54, 1.807) is 34.8 Å². The van der Waals surface area contributed by atoms with E-state index in [1.165, 1.54) is 12.8 Å². The molecule has 1 atom stereocenters. The average Bonchev–Trinajstić information content (AvgIpc) is 3.14. The number of unbranched alkanes of at least 4 members (excludes halogenated alkanes) is 2. The fraction of sp³-hybridized carbons (Fsp3) is 0.500. The second-order valence-electron chi connectivity index (χ2n) is 8.27. The van der Waals surface area contributed by atoms with Crippen molar-refractivity contribution in [3.05, 3.63) is 45.1 Å². The quantitative estimate of drug-likeness (QED) is 0.241. The molecule has 1 aliphatic rings. The van der Waals surface area contributed by atoms with Crippen molar-refractivity contribution in [1.82, 2.24) is 9.55 Å². The van der Waals surface area contributed by atoms with Crippen LogP contribution in [0.4, 0.5) is 0 Å². The fourth-order valence-corrected chi connectivity index (χ4v) is 6.08. The number of nitrogens with zero attached hydrogens (tertiary/aromatic N) is 2. The molecular weight excluding hydrogens is 428 g/mol. The van der Waals surface area contributed by atoms with Gasteiger partial charge in [0.1, 0.15) is 10.6 Å². The molecule has 0 bridgehead atoms. The number of fused-ring (bicyclic) bond motifs is 3. The first-order valence-corrected chi connectivity index (χ1v) is 12.8. The lowest BCUT2D eigenvalue weighted by molar-refractivity contribution is 0.00200. The summed E-state index contributed by atoms with van der Waals surface area (Å²) in [5.41, 5.74) is 1.98. The number of hydrogen-bond donors (Lipinski definition) is 0. The predicted octanol–water partition coefficient (Wildman–Crippen LogP) is 5.84. The van der Waals surface area contributed by atoms with Gasteiger partial charge in [-0.25, -0.2) is 4.98 Å². The molecular formula is C24H30N2O3S2. The minimum Gasteiger partial charge on any atom is -0.497 e. The Balaban J connectivity index is 1.84. The van der Waals surface area contributed by atoms with Crippen LogP contribution >= 0.6 is 23.1 Å². The predicted molar refractivity (Wildman–Crippen MR) is 129 cm³/mol. The molecule has 0 saturated carbocycles. The van der Waals surface area contributed by atoms with E-state index in [1.807, 2.05) is 24.3 Å². The van der Waals surface area contributed by atoms with Gasteiger partial charge in [-0.1, -0.05) is 45.4 Å². The number of methoxy groups -OCH3 is 1. The van der Waals surface area contributed by atoms with Crippen molar-refractivity contribution < 1.29 is 9.47 Å². The van der Waals surface area contributed by atoms with Crippen LogP contribution in [0.25, 0.3) is 15.9 Å². The van der Waals surface area contributed by atoms with Crippen LogP contribution in [0.1, 0.15) is 50.5 Å².